The maximum atomic E-state index is 12.5. The SMILES string of the molecule is CSNCc1cccc(-n2c(C(N)=O)cc3ccc(OC(F)(F)F)cc32)n1. The summed E-state index contributed by atoms with van der Waals surface area (Å²) in [6, 6.07) is 10.5. The van der Waals surface area contributed by atoms with Gasteiger partial charge in [-0.3, -0.25) is 14.1 Å². The van der Waals surface area contributed by atoms with Crippen molar-refractivity contribution in [1.29, 1.82) is 0 Å². The molecule has 3 rings (SSSR count). The average Bonchev–Trinajstić information content (AvgIpc) is 2.98. The highest BCUT2D eigenvalue weighted by atomic mass is 32.2. The van der Waals surface area contributed by atoms with Gasteiger partial charge < -0.3 is 10.5 Å². The van der Waals surface area contributed by atoms with E-state index in [1.165, 1.54) is 40.8 Å². The molecule has 0 fully saturated rings. The Balaban J connectivity index is 2.15. The second kappa shape index (κ2) is 7.49. The van der Waals surface area contributed by atoms with Crippen LogP contribution in [0, 0.1) is 0 Å². The second-order valence-corrected chi connectivity index (χ2v) is 6.21. The number of nitrogens with zero attached hydrogens (tertiary/aromatic N) is 2. The summed E-state index contributed by atoms with van der Waals surface area (Å²) in [5, 5.41) is 0.535. The number of primary amides is 1. The van der Waals surface area contributed by atoms with E-state index in [1.807, 2.05) is 6.26 Å². The van der Waals surface area contributed by atoms with Crippen LogP contribution in [0.1, 0.15) is 16.2 Å². The van der Waals surface area contributed by atoms with E-state index in [0.29, 0.717) is 29.0 Å². The van der Waals surface area contributed by atoms with Crippen LogP contribution in [0.5, 0.6) is 5.75 Å². The fourth-order valence-corrected chi connectivity index (χ4v) is 2.93. The smallest absolute Gasteiger partial charge is 0.406 e. The molecule has 0 atom stereocenters. The third-order valence-electron chi connectivity index (χ3n) is 3.68. The van der Waals surface area contributed by atoms with Gasteiger partial charge in [0.05, 0.1) is 11.2 Å². The summed E-state index contributed by atoms with van der Waals surface area (Å²) in [5.74, 6) is -0.757. The number of carbonyl (C=O) groups is 1. The number of fused-ring (bicyclic) bond motifs is 1. The van der Waals surface area contributed by atoms with Crippen LogP contribution in [0.3, 0.4) is 0 Å². The molecule has 0 saturated heterocycles. The van der Waals surface area contributed by atoms with E-state index in [0.717, 1.165) is 0 Å². The average molecular weight is 396 g/mol. The molecule has 2 heterocycles. The first-order valence-corrected chi connectivity index (χ1v) is 8.94. The van der Waals surface area contributed by atoms with Crippen molar-refractivity contribution in [3.8, 4) is 11.6 Å². The van der Waals surface area contributed by atoms with Crippen LogP contribution < -0.4 is 15.2 Å². The van der Waals surface area contributed by atoms with Crippen molar-refractivity contribution >= 4 is 28.8 Å². The first-order chi connectivity index (χ1) is 12.8. The van der Waals surface area contributed by atoms with Crippen molar-refractivity contribution in [2.24, 2.45) is 5.73 Å². The highest BCUT2D eigenvalue weighted by molar-refractivity contribution is 7.96. The maximum Gasteiger partial charge on any atom is 0.573 e. The molecule has 0 saturated carbocycles. The number of halogens is 3. The molecule has 6 nitrogen and oxygen atoms in total. The number of rotatable bonds is 6. The highest BCUT2D eigenvalue weighted by Crippen LogP contribution is 2.30. The van der Waals surface area contributed by atoms with E-state index in [9.17, 15) is 18.0 Å². The van der Waals surface area contributed by atoms with Gasteiger partial charge in [0, 0.05) is 18.0 Å². The predicted octanol–water partition coefficient (Wildman–Crippen LogP) is 3.39. The number of aromatic nitrogens is 2. The zero-order chi connectivity index (χ0) is 19.6. The van der Waals surface area contributed by atoms with Gasteiger partial charge in [-0.25, -0.2) is 4.98 Å². The van der Waals surface area contributed by atoms with Gasteiger partial charge in [0.15, 0.2) is 0 Å². The maximum absolute atomic E-state index is 12.5. The number of ether oxygens (including phenoxy) is 1. The van der Waals surface area contributed by atoms with Gasteiger partial charge in [-0.2, -0.15) is 0 Å². The highest BCUT2D eigenvalue weighted by Gasteiger charge is 2.31. The number of hydrogen-bond donors (Lipinski definition) is 2. The largest absolute Gasteiger partial charge is 0.573 e. The number of hydrogen-bond acceptors (Lipinski definition) is 5. The molecule has 0 radical (unpaired) electrons. The molecule has 0 unspecified atom stereocenters. The lowest BCUT2D eigenvalue weighted by atomic mass is 10.2. The molecular weight excluding hydrogens is 381 g/mol. The first kappa shape index (κ1) is 19.1. The summed E-state index contributed by atoms with van der Waals surface area (Å²) in [6.07, 6.45) is -2.95. The van der Waals surface area contributed by atoms with Crippen molar-refractivity contribution in [3.05, 3.63) is 53.9 Å². The number of alkyl halides is 3. The molecule has 3 N–H and O–H groups in total. The zero-order valence-electron chi connectivity index (χ0n) is 14.1. The normalized spacial score (nSPS) is 11.7. The molecular formula is C17H15F3N4O2S. The van der Waals surface area contributed by atoms with E-state index < -0.39 is 18.0 Å². The van der Waals surface area contributed by atoms with Crippen LogP contribution in [0.15, 0.2) is 42.5 Å². The van der Waals surface area contributed by atoms with Crippen molar-refractivity contribution < 1.29 is 22.7 Å². The second-order valence-electron chi connectivity index (χ2n) is 5.51. The summed E-state index contributed by atoms with van der Waals surface area (Å²) < 4.78 is 46.1. The van der Waals surface area contributed by atoms with E-state index in [1.54, 1.807) is 18.2 Å². The van der Waals surface area contributed by atoms with Gasteiger partial charge in [0.1, 0.15) is 17.3 Å². The van der Waals surface area contributed by atoms with Gasteiger partial charge in [0.25, 0.3) is 5.91 Å². The fourth-order valence-electron chi connectivity index (χ4n) is 2.64. The molecule has 27 heavy (non-hydrogen) atoms. The third-order valence-corrected chi connectivity index (χ3v) is 4.11. The van der Waals surface area contributed by atoms with E-state index >= 15 is 0 Å². The molecule has 1 aromatic carbocycles. The summed E-state index contributed by atoms with van der Waals surface area (Å²) in [5.41, 5.74) is 6.59. The number of nitrogens with two attached hydrogens (primary N) is 1. The van der Waals surface area contributed by atoms with Crippen LogP contribution >= 0.6 is 11.9 Å². The van der Waals surface area contributed by atoms with Gasteiger partial charge >= 0.3 is 6.36 Å². The number of pyridine rings is 1. The van der Waals surface area contributed by atoms with Crippen LogP contribution in [-0.4, -0.2) is 28.1 Å². The monoisotopic (exact) mass is 396 g/mol. The summed E-state index contributed by atoms with van der Waals surface area (Å²) in [7, 11) is 0. The Morgan fingerprint density at radius 3 is 2.74 bits per heavy atom. The Hall–Kier alpha value is -2.72. The molecule has 142 valence electrons. The molecule has 0 bridgehead atoms. The topological polar surface area (TPSA) is 82.2 Å². The molecule has 0 aliphatic heterocycles. The van der Waals surface area contributed by atoms with Gasteiger partial charge in [-0.05, 0) is 36.6 Å². The van der Waals surface area contributed by atoms with Crippen molar-refractivity contribution in [3.63, 3.8) is 0 Å². The number of nitrogens with one attached hydrogen (secondary N) is 1. The minimum atomic E-state index is -4.82. The van der Waals surface area contributed by atoms with Crippen LogP contribution in [-0.2, 0) is 6.54 Å². The van der Waals surface area contributed by atoms with E-state index in [4.69, 9.17) is 5.73 Å². The lowest BCUT2D eigenvalue weighted by molar-refractivity contribution is -0.274. The Bertz CT molecular complexity index is 988. The van der Waals surface area contributed by atoms with Crippen LogP contribution in [0.2, 0.25) is 0 Å². The molecule has 1 amide bonds. The Labute approximate surface area is 156 Å². The van der Waals surface area contributed by atoms with Gasteiger partial charge in [0.2, 0.25) is 0 Å². The molecule has 3 aromatic rings. The summed E-state index contributed by atoms with van der Waals surface area (Å²) in [4.78, 5) is 16.3. The quantitative estimate of drug-likeness (QED) is 0.624. The van der Waals surface area contributed by atoms with E-state index in [-0.39, 0.29) is 5.69 Å². The number of carbonyl (C=O) groups excluding carboxylic acids is 1. The lowest BCUT2D eigenvalue weighted by Crippen LogP contribution is -2.18. The third kappa shape index (κ3) is 4.34. The number of amides is 1. The zero-order valence-corrected chi connectivity index (χ0v) is 14.9. The molecule has 10 heteroatoms. The van der Waals surface area contributed by atoms with E-state index in [2.05, 4.69) is 14.4 Å². The Kier molecular flexibility index (Phi) is 5.29. The minimum Gasteiger partial charge on any atom is -0.406 e. The fraction of sp³-hybridized carbons (Fsp3) is 0.176. The van der Waals surface area contributed by atoms with Crippen molar-refractivity contribution in [2.75, 3.05) is 6.26 Å². The summed E-state index contributed by atoms with van der Waals surface area (Å²) >= 11 is 1.42. The minimum absolute atomic E-state index is 0.108. The molecule has 2 aromatic heterocycles. The predicted molar refractivity (Wildman–Crippen MR) is 96.6 cm³/mol. The van der Waals surface area contributed by atoms with Crippen molar-refractivity contribution in [2.45, 2.75) is 12.9 Å². The van der Waals surface area contributed by atoms with Crippen molar-refractivity contribution in [1.82, 2.24) is 14.3 Å². The molecule has 0 spiro atoms. The standard InChI is InChI=1S/C17H15F3N4O2S/c1-27-22-9-11-3-2-4-15(23-11)24-13-8-12(26-17(18,19)20)6-5-10(13)7-14(24)16(21)25/h2-8,22H,9H2,1H3,(H2,21,25). The molecule has 0 aliphatic carbocycles. The lowest BCUT2D eigenvalue weighted by Gasteiger charge is -2.12. The number of benzene rings is 1. The Morgan fingerprint density at radius 1 is 1.30 bits per heavy atom. The molecule has 0 aliphatic rings. The van der Waals surface area contributed by atoms with Gasteiger partial charge in [-0.15, -0.1) is 13.2 Å². The van der Waals surface area contributed by atoms with Crippen LogP contribution in [0.25, 0.3) is 16.7 Å². The Morgan fingerprint density at radius 2 is 2.07 bits per heavy atom. The first-order valence-electron chi connectivity index (χ1n) is 7.71. The van der Waals surface area contributed by atoms with Gasteiger partial charge in [-0.1, -0.05) is 18.0 Å². The summed E-state index contributed by atoms with van der Waals surface area (Å²) in [6.45, 7) is 0.475. The van der Waals surface area contributed by atoms with Crippen LogP contribution in [0.4, 0.5) is 13.2 Å².